The van der Waals surface area contributed by atoms with E-state index in [4.69, 9.17) is 0 Å². The zero-order valence-corrected chi connectivity index (χ0v) is 14.1. The van der Waals surface area contributed by atoms with E-state index in [0.717, 1.165) is 21.4 Å². The minimum absolute atomic E-state index is 0.0993. The Bertz CT molecular complexity index is 732. The summed E-state index contributed by atoms with van der Waals surface area (Å²) in [6.45, 7) is 5.23. The van der Waals surface area contributed by atoms with Crippen LogP contribution in [0, 0.1) is 6.92 Å². The first-order valence-corrected chi connectivity index (χ1v) is 7.94. The van der Waals surface area contributed by atoms with Crippen molar-refractivity contribution >= 4 is 39.2 Å². The number of aromatic nitrogens is 1. The third kappa shape index (κ3) is 2.78. The van der Waals surface area contributed by atoms with Gasteiger partial charge in [-0.15, -0.1) is 0 Å². The van der Waals surface area contributed by atoms with Gasteiger partial charge >= 0.3 is 6.03 Å². The van der Waals surface area contributed by atoms with Gasteiger partial charge in [0.2, 0.25) is 0 Å². The van der Waals surface area contributed by atoms with Crippen LogP contribution in [0.1, 0.15) is 18.1 Å². The Morgan fingerprint density at radius 2 is 2.23 bits per heavy atom. The van der Waals surface area contributed by atoms with Gasteiger partial charge in [-0.3, -0.25) is 5.32 Å². The van der Waals surface area contributed by atoms with Crippen LogP contribution in [0.2, 0.25) is 0 Å². The summed E-state index contributed by atoms with van der Waals surface area (Å²) < 4.78 is 1.06. The Morgan fingerprint density at radius 1 is 1.41 bits per heavy atom. The Hall–Kier alpha value is -2.08. The van der Waals surface area contributed by atoms with Gasteiger partial charge in [0.25, 0.3) is 0 Å². The number of pyridine rings is 1. The van der Waals surface area contributed by atoms with Crippen LogP contribution in [0.25, 0.3) is 0 Å². The minimum atomic E-state index is -0.0993. The van der Waals surface area contributed by atoms with E-state index in [1.165, 1.54) is 5.56 Å². The molecule has 0 spiro atoms. The molecule has 3 rings (SSSR count). The van der Waals surface area contributed by atoms with Crippen molar-refractivity contribution in [2.75, 3.05) is 17.2 Å². The van der Waals surface area contributed by atoms with Gasteiger partial charge in [-0.1, -0.05) is 22.0 Å². The number of benzene rings is 1. The van der Waals surface area contributed by atoms with Crippen molar-refractivity contribution in [2.24, 2.45) is 0 Å². The lowest BCUT2D eigenvalue weighted by atomic mass is 10.1. The Balaban J connectivity index is 1.93. The smallest absolute Gasteiger partial charge is 0.323 e. The summed E-state index contributed by atoms with van der Waals surface area (Å²) in [5.41, 5.74) is 4.14. The fraction of sp³-hybridized carbons (Fsp3) is 0.250. The van der Waals surface area contributed by atoms with Gasteiger partial charge in [0.15, 0.2) is 0 Å². The molecule has 2 aromatic rings. The normalized spacial score (nSPS) is 13.6. The maximum absolute atomic E-state index is 11.9. The lowest BCUT2D eigenvalue weighted by Crippen LogP contribution is -2.39. The summed E-state index contributed by atoms with van der Waals surface area (Å²) in [5.74, 6) is 0.630. The lowest BCUT2D eigenvalue weighted by Gasteiger charge is -2.29. The summed E-state index contributed by atoms with van der Waals surface area (Å²) in [7, 11) is 0. The molecule has 1 aliphatic rings. The molecule has 0 unspecified atom stereocenters. The number of carbonyl (C=O) groups is 1. The fourth-order valence-corrected chi connectivity index (χ4v) is 2.78. The predicted octanol–water partition coefficient (Wildman–Crippen LogP) is 4.26. The molecule has 0 radical (unpaired) electrons. The summed E-state index contributed by atoms with van der Waals surface area (Å²) in [5, 5.41) is 6.25. The standard InChI is InChI=1S/C16H17BrN4O/c1-3-21-9-12-14(6-7-18-15(12)20-16(21)22)19-11-5-4-10(2)13(17)8-11/h4-8H,3,9H2,1-2H3,(H2,18,19,20,22). The van der Waals surface area contributed by atoms with E-state index in [1.807, 2.05) is 25.1 Å². The lowest BCUT2D eigenvalue weighted by molar-refractivity contribution is 0.209. The third-order valence-electron chi connectivity index (χ3n) is 3.75. The summed E-state index contributed by atoms with van der Waals surface area (Å²) in [6, 6.07) is 7.96. The number of aryl methyl sites for hydroxylation is 1. The number of anilines is 3. The molecule has 5 nitrogen and oxygen atoms in total. The van der Waals surface area contributed by atoms with Crippen LogP contribution in [0.5, 0.6) is 0 Å². The largest absolute Gasteiger partial charge is 0.355 e. The Morgan fingerprint density at radius 3 is 2.95 bits per heavy atom. The second-order valence-corrected chi connectivity index (χ2v) is 6.07. The molecule has 1 aromatic carbocycles. The van der Waals surface area contributed by atoms with Crippen LogP contribution < -0.4 is 10.6 Å². The number of nitrogens with zero attached hydrogens (tertiary/aromatic N) is 2. The minimum Gasteiger partial charge on any atom is -0.355 e. The molecule has 0 saturated heterocycles. The maximum Gasteiger partial charge on any atom is 0.323 e. The van der Waals surface area contributed by atoms with E-state index in [1.54, 1.807) is 11.1 Å². The quantitative estimate of drug-likeness (QED) is 0.859. The molecule has 0 bridgehead atoms. The zero-order valence-electron chi connectivity index (χ0n) is 12.5. The predicted molar refractivity (Wildman–Crippen MR) is 91.5 cm³/mol. The summed E-state index contributed by atoms with van der Waals surface area (Å²) >= 11 is 3.55. The van der Waals surface area contributed by atoms with E-state index in [-0.39, 0.29) is 6.03 Å². The first kappa shape index (κ1) is 14.8. The number of fused-ring (bicyclic) bond motifs is 1. The van der Waals surface area contributed by atoms with E-state index in [9.17, 15) is 4.79 Å². The second kappa shape index (κ2) is 5.96. The summed E-state index contributed by atoms with van der Waals surface area (Å²) in [6.07, 6.45) is 1.70. The third-order valence-corrected chi connectivity index (χ3v) is 4.60. The first-order valence-electron chi connectivity index (χ1n) is 7.15. The van der Waals surface area contributed by atoms with Crippen LogP contribution >= 0.6 is 15.9 Å². The second-order valence-electron chi connectivity index (χ2n) is 5.22. The van der Waals surface area contributed by atoms with Crippen LogP contribution in [0.3, 0.4) is 0 Å². The van der Waals surface area contributed by atoms with Gasteiger partial charge < -0.3 is 10.2 Å². The highest BCUT2D eigenvalue weighted by Crippen LogP contribution is 2.31. The molecular weight excluding hydrogens is 344 g/mol. The van der Waals surface area contributed by atoms with Crippen LogP contribution in [-0.2, 0) is 6.54 Å². The molecule has 1 aliphatic heterocycles. The van der Waals surface area contributed by atoms with Gasteiger partial charge in [-0.05, 0) is 37.6 Å². The first-order chi connectivity index (χ1) is 10.6. The van der Waals surface area contributed by atoms with Gasteiger partial charge in [0.1, 0.15) is 5.82 Å². The van der Waals surface area contributed by atoms with Crippen molar-refractivity contribution in [3.05, 3.63) is 46.1 Å². The number of amides is 2. The van der Waals surface area contributed by atoms with Crippen molar-refractivity contribution < 1.29 is 4.79 Å². The van der Waals surface area contributed by atoms with Gasteiger partial charge in [0.05, 0.1) is 6.54 Å². The van der Waals surface area contributed by atoms with Crippen molar-refractivity contribution in [3.63, 3.8) is 0 Å². The van der Waals surface area contributed by atoms with Gasteiger partial charge in [0, 0.05) is 34.2 Å². The van der Waals surface area contributed by atoms with Crippen LogP contribution in [-0.4, -0.2) is 22.5 Å². The molecule has 6 heteroatoms. The number of hydrogen-bond donors (Lipinski definition) is 2. The molecule has 2 heterocycles. The molecule has 114 valence electrons. The van der Waals surface area contributed by atoms with Gasteiger partial charge in [-0.25, -0.2) is 9.78 Å². The highest BCUT2D eigenvalue weighted by atomic mass is 79.9. The topological polar surface area (TPSA) is 57.3 Å². The molecule has 0 saturated carbocycles. The molecule has 0 aliphatic carbocycles. The molecule has 2 N–H and O–H groups in total. The number of rotatable bonds is 3. The SMILES string of the molecule is CCN1Cc2c(Nc3ccc(C)c(Br)c3)ccnc2NC1=O. The van der Waals surface area contributed by atoms with Crippen molar-refractivity contribution in [2.45, 2.75) is 20.4 Å². The van der Waals surface area contributed by atoms with E-state index < -0.39 is 0 Å². The van der Waals surface area contributed by atoms with E-state index >= 15 is 0 Å². The maximum atomic E-state index is 11.9. The average Bonchev–Trinajstić information content (AvgIpc) is 2.50. The van der Waals surface area contributed by atoms with Crippen LogP contribution in [0.15, 0.2) is 34.9 Å². The number of hydrogen-bond acceptors (Lipinski definition) is 3. The van der Waals surface area contributed by atoms with Gasteiger partial charge in [-0.2, -0.15) is 0 Å². The van der Waals surface area contributed by atoms with E-state index in [2.05, 4.69) is 44.5 Å². The average molecular weight is 361 g/mol. The summed E-state index contributed by atoms with van der Waals surface area (Å²) in [4.78, 5) is 17.9. The Labute approximate surface area is 137 Å². The zero-order chi connectivity index (χ0) is 15.7. The molecule has 0 fully saturated rings. The van der Waals surface area contributed by atoms with Crippen molar-refractivity contribution in [1.82, 2.24) is 9.88 Å². The van der Waals surface area contributed by atoms with Crippen molar-refractivity contribution in [1.29, 1.82) is 0 Å². The number of halogens is 1. The monoisotopic (exact) mass is 360 g/mol. The fourth-order valence-electron chi connectivity index (χ4n) is 2.40. The molecule has 0 atom stereocenters. The number of carbonyl (C=O) groups excluding carboxylic acids is 1. The highest BCUT2D eigenvalue weighted by Gasteiger charge is 2.24. The highest BCUT2D eigenvalue weighted by molar-refractivity contribution is 9.10. The molecular formula is C16H17BrN4O. The number of nitrogens with one attached hydrogen (secondary N) is 2. The molecule has 1 aromatic heterocycles. The molecule has 22 heavy (non-hydrogen) atoms. The number of urea groups is 1. The molecule has 2 amide bonds. The van der Waals surface area contributed by atoms with Crippen molar-refractivity contribution in [3.8, 4) is 0 Å². The van der Waals surface area contributed by atoms with Crippen LogP contribution in [0.4, 0.5) is 22.0 Å². The Kier molecular flexibility index (Phi) is 4.02. The van der Waals surface area contributed by atoms with E-state index in [0.29, 0.717) is 18.9 Å².